The third-order valence-electron chi connectivity index (χ3n) is 4.38. The maximum atomic E-state index is 12.3. The molecule has 0 heterocycles. The van der Waals surface area contributed by atoms with Gasteiger partial charge >= 0.3 is 0 Å². The molecule has 0 atom stereocenters. The molecule has 2 aromatic carbocycles. The molecule has 1 aliphatic rings. The van der Waals surface area contributed by atoms with Crippen molar-refractivity contribution < 1.29 is 9.53 Å². The molecule has 3 rings (SSSR count). The van der Waals surface area contributed by atoms with Gasteiger partial charge in [0.15, 0.2) is 0 Å². The lowest BCUT2D eigenvalue weighted by Gasteiger charge is -2.22. The molecule has 24 heavy (non-hydrogen) atoms. The van der Waals surface area contributed by atoms with Gasteiger partial charge in [0.1, 0.15) is 12.4 Å². The Morgan fingerprint density at radius 2 is 1.67 bits per heavy atom. The second kappa shape index (κ2) is 8.20. The van der Waals surface area contributed by atoms with Gasteiger partial charge in [-0.2, -0.15) is 0 Å². The summed E-state index contributed by atoms with van der Waals surface area (Å²) in [6.07, 6.45) is 5.91. The molecule has 0 aliphatic heterocycles. The van der Waals surface area contributed by atoms with Crippen molar-refractivity contribution in [3.63, 3.8) is 0 Å². The zero-order valence-corrected chi connectivity index (χ0v) is 14.4. The van der Waals surface area contributed by atoms with E-state index in [4.69, 9.17) is 16.3 Å². The minimum absolute atomic E-state index is 0.0204. The average Bonchev–Trinajstić information content (AvgIpc) is 2.62. The number of carbonyl (C=O) groups excluding carboxylic acids is 1. The van der Waals surface area contributed by atoms with Crippen LogP contribution in [0.5, 0.6) is 5.75 Å². The monoisotopic (exact) mass is 343 g/mol. The summed E-state index contributed by atoms with van der Waals surface area (Å²) in [5.74, 6) is 0.797. The molecule has 0 spiro atoms. The van der Waals surface area contributed by atoms with Gasteiger partial charge in [0, 0.05) is 16.6 Å². The van der Waals surface area contributed by atoms with Crippen LogP contribution in [0.1, 0.15) is 48.0 Å². The molecule has 1 saturated carbocycles. The first-order valence-corrected chi connectivity index (χ1v) is 8.87. The van der Waals surface area contributed by atoms with Gasteiger partial charge in [0.25, 0.3) is 5.91 Å². The lowest BCUT2D eigenvalue weighted by molar-refractivity contribution is 0.0927. The number of rotatable bonds is 5. The Balaban J connectivity index is 1.52. The van der Waals surface area contributed by atoms with Gasteiger partial charge in [0.05, 0.1) is 0 Å². The van der Waals surface area contributed by atoms with Crippen molar-refractivity contribution in [2.75, 3.05) is 0 Å². The molecule has 0 aromatic heterocycles. The van der Waals surface area contributed by atoms with E-state index in [0.29, 0.717) is 23.2 Å². The Morgan fingerprint density at radius 1 is 1.00 bits per heavy atom. The quantitative estimate of drug-likeness (QED) is 0.831. The lowest BCUT2D eigenvalue weighted by atomic mass is 9.95. The Labute approximate surface area is 148 Å². The first-order valence-electron chi connectivity index (χ1n) is 8.49. The van der Waals surface area contributed by atoms with Gasteiger partial charge < -0.3 is 10.1 Å². The van der Waals surface area contributed by atoms with Crippen molar-refractivity contribution in [3.8, 4) is 5.75 Å². The molecule has 1 amide bonds. The number of nitrogens with one attached hydrogen (secondary N) is 1. The fourth-order valence-electron chi connectivity index (χ4n) is 2.97. The Hall–Kier alpha value is -2.00. The first kappa shape index (κ1) is 16.8. The fourth-order valence-corrected chi connectivity index (χ4v) is 3.09. The van der Waals surface area contributed by atoms with E-state index in [2.05, 4.69) is 5.32 Å². The zero-order valence-electron chi connectivity index (χ0n) is 13.6. The second-order valence-electron chi connectivity index (χ2n) is 6.25. The summed E-state index contributed by atoms with van der Waals surface area (Å²) in [7, 11) is 0. The minimum Gasteiger partial charge on any atom is -0.489 e. The van der Waals surface area contributed by atoms with Crippen molar-refractivity contribution in [1.29, 1.82) is 0 Å². The highest BCUT2D eigenvalue weighted by atomic mass is 35.5. The number of benzene rings is 2. The highest BCUT2D eigenvalue weighted by Gasteiger charge is 2.16. The smallest absolute Gasteiger partial charge is 0.251 e. The van der Waals surface area contributed by atoms with E-state index in [1.165, 1.54) is 19.3 Å². The van der Waals surface area contributed by atoms with Gasteiger partial charge in [-0.25, -0.2) is 0 Å². The second-order valence-corrected chi connectivity index (χ2v) is 6.68. The molecule has 2 aromatic rings. The number of hydrogen-bond donors (Lipinski definition) is 1. The Morgan fingerprint density at radius 3 is 2.33 bits per heavy atom. The summed E-state index contributed by atoms with van der Waals surface area (Å²) >= 11 is 5.85. The Bertz CT molecular complexity index is 661. The maximum Gasteiger partial charge on any atom is 0.251 e. The predicted octanol–water partition coefficient (Wildman–Crippen LogP) is 4.98. The van der Waals surface area contributed by atoms with Crippen LogP contribution in [-0.2, 0) is 6.61 Å². The first-order chi connectivity index (χ1) is 11.7. The van der Waals surface area contributed by atoms with Crippen LogP contribution in [0.2, 0.25) is 5.02 Å². The summed E-state index contributed by atoms with van der Waals surface area (Å²) < 4.78 is 5.71. The molecule has 1 N–H and O–H groups in total. The van der Waals surface area contributed by atoms with E-state index in [0.717, 1.165) is 24.2 Å². The highest BCUT2D eigenvalue weighted by molar-refractivity contribution is 6.30. The summed E-state index contributed by atoms with van der Waals surface area (Å²) in [5, 5.41) is 3.83. The largest absolute Gasteiger partial charge is 0.489 e. The van der Waals surface area contributed by atoms with Gasteiger partial charge in [-0.15, -0.1) is 0 Å². The SMILES string of the molecule is O=C(NC1CCCCC1)c1ccc(COc2ccc(Cl)cc2)cc1. The van der Waals surface area contributed by atoms with E-state index in [1.54, 1.807) is 12.1 Å². The third-order valence-corrected chi connectivity index (χ3v) is 4.63. The van der Waals surface area contributed by atoms with E-state index < -0.39 is 0 Å². The van der Waals surface area contributed by atoms with Crippen molar-refractivity contribution in [2.45, 2.75) is 44.8 Å². The molecule has 126 valence electrons. The highest BCUT2D eigenvalue weighted by Crippen LogP contribution is 2.19. The van der Waals surface area contributed by atoms with E-state index in [-0.39, 0.29) is 5.91 Å². The molecule has 0 saturated heterocycles. The standard InChI is InChI=1S/C20H22ClNO2/c21-17-10-12-19(13-11-17)24-14-15-6-8-16(9-7-15)20(23)22-18-4-2-1-3-5-18/h6-13,18H,1-5,14H2,(H,22,23). The maximum absolute atomic E-state index is 12.3. The third kappa shape index (κ3) is 4.75. The normalized spacial score (nSPS) is 15.0. The van der Waals surface area contributed by atoms with Crippen LogP contribution < -0.4 is 10.1 Å². The van der Waals surface area contributed by atoms with Crippen LogP contribution in [-0.4, -0.2) is 11.9 Å². The number of carbonyl (C=O) groups is 1. The van der Waals surface area contributed by atoms with Crippen LogP contribution in [0.3, 0.4) is 0 Å². The van der Waals surface area contributed by atoms with Crippen LogP contribution in [0.25, 0.3) is 0 Å². The summed E-state index contributed by atoms with van der Waals surface area (Å²) in [6.45, 7) is 0.464. The fraction of sp³-hybridized carbons (Fsp3) is 0.350. The van der Waals surface area contributed by atoms with E-state index in [9.17, 15) is 4.79 Å². The van der Waals surface area contributed by atoms with Crippen molar-refractivity contribution in [1.82, 2.24) is 5.32 Å². The lowest BCUT2D eigenvalue weighted by Crippen LogP contribution is -2.36. The zero-order chi connectivity index (χ0) is 16.8. The summed E-state index contributed by atoms with van der Waals surface area (Å²) in [6, 6.07) is 15.2. The Kier molecular flexibility index (Phi) is 5.76. The van der Waals surface area contributed by atoms with Crippen molar-refractivity contribution >= 4 is 17.5 Å². The molecule has 1 fully saturated rings. The van der Waals surface area contributed by atoms with Gasteiger partial charge in [-0.3, -0.25) is 4.79 Å². The molecule has 3 nitrogen and oxygen atoms in total. The molecule has 0 radical (unpaired) electrons. The molecule has 1 aliphatic carbocycles. The minimum atomic E-state index is 0.0204. The van der Waals surface area contributed by atoms with Gasteiger partial charge in [-0.05, 0) is 54.8 Å². The number of ether oxygens (including phenoxy) is 1. The molecule has 4 heteroatoms. The van der Waals surface area contributed by atoms with Gasteiger partial charge in [0.2, 0.25) is 0 Å². The van der Waals surface area contributed by atoms with Crippen molar-refractivity contribution in [2.24, 2.45) is 0 Å². The number of amides is 1. The topological polar surface area (TPSA) is 38.3 Å². The van der Waals surface area contributed by atoms with E-state index >= 15 is 0 Å². The van der Waals surface area contributed by atoms with Gasteiger partial charge in [-0.1, -0.05) is 43.0 Å². The molecular formula is C20H22ClNO2. The number of hydrogen-bond acceptors (Lipinski definition) is 2. The van der Waals surface area contributed by atoms with Crippen LogP contribution in [0.4, 0.5) is 0 Å². The molecular weight excluding hydrogens is 322 g/mol. The van der Waals surface area contributed by atoms with Crippen LogP contribution in [0.15, 0.2) is 48.5 Å². The number of halogens is 1. The van der Waals surface area contributed by atoms with Crippen LogP contribution in [0, 0.1) is 0 Å². The van der Waals surface area contributed by atoms with Crippen LogP contribution >= 0.6 is 11.6 Å². The summed E-state index contributed by atoms with van der Waals surface area (Å²) in [4.78, 5) is 12.3. The van der Waals surface area contributed by atoms with E-state index in [1.807, 2.05) is 36.4 Å². The molecule has 0 unspecified atom stereocenters. The molecule has 0 bridgehead atoms. The predicted molar refractivity (Wildman–Crippen MR) is 96.6 cm³/mol. The summed E-state index contributed by atoms with van der Waals surface area (Å²) in [5.41, 5.74) is 1.73. The van der Waals surface area contributed by atoms with Crippen molar-refractivity contribution in [3.05, 3.63) is 64.7 Å². The average molecular weight is 344 g/mol.